The van der Waals surface area contributed by atoms with Gasteiger partial charge in [0.15, 0.2) is 6.10 Å². The van der Waals surface area contributed by atoms with Crippen LogP contribution in [0.4, 0.5) is 11.4 Å². The predicted octanol–water partition coefficient (Wildman–Crippen LogP) is 3.86. The Morgan fingerprint density at radius 1 is 0.926 bits per heavy atom. The molecule has 3 atom stereocenters. The fraction of sp³-hybridized carbons (Fsp3) is 0.364. The van der Waals surface area contributed by atoms with Crippen molar-refractivity contribution in [2.45, 2.75) is 45.3 Å². The maximum absolute atomic E-state index is 13.2. The summed E-state index contributed by atoms with van der Waals surface area (Å²) in [5, 5.41) is 1.78. The topological polar surface area (TPSA) is 49.9 Å². The molecule has 0 N–H and O–H groups in total. The number of carbonyl (C=O) groups is 2. The van der Waals surface area contributed by atoms with Gasteiger partial charge in [-0.05, 0) is 37.6 Å². The van der Waals surface area contributed by atoms with Crippen LogP contribution in [-0.4, -0.2) is 24.0 Å². The number of carbonyl (C=O) groups excluding carboxylic acids is 2. The van der Waals surface area contributed by atoms with Crippen LogP contribution in [0.15, 0.2) is 54.6 Å². The van der Waals surface area contributed by atoms with Crippen molar-refractivity contribution in [1.29, 1.82) is 0 Å². The second kappa shape index (κ2) is 7.16. The van der Waals surface area contributed by atoms with Crippen molar-refractivity contribution in [1.82, 2.24) is 0 Å². The minimum atomic E-state index is -0.749. The highest BCUT2D eigenvalue weighted by atomic mass is 16.7. The van der Waals surface area contributed by atoms with Gasteiger partial charge in [0.25, 0.3) is 5.91 Å². The van der Waals surface area contributed by atoms with Gasteiger partial charge in [-0.3, -0.25) is 14.4 Å². The Kier molecular flexibility index (Phi) is 4.70. The number of imide groups is 1. The number of fused-ring (bicyclic) bond motifs is 1. The van der Waals surface area contributed by atoms with E-state index in [9.17, 15) is 9.59 Å². The largest absolute Gasteiger partial charge is 0.273 e. The maximum atomic E-state index is 13.2. The quantitative estimate of drug-likeness (QED) is 0.756. The van der Waals surface area contributed by atoms with Gasteiger partial charge in [0.2, 0.25) is 5.91 Å². The van der Waals surface area contributed by atoms with Gasteiger partial charge >= 0.3 is 0 Å². The van der Waals surface area contributed by atoms with Crippen molar-refractivity contribution in [2.75, 3.05) is 9.96 Å². The minimum absolute atomic E-state index is 0.135. The number of unbranched alkanes of at least 4 members (excludes halogenated alkanes) is 1. The Labute approximate surface area is 159 Å². The van der Waals surface area contributed by atoms with Crippen molar-refractivity contribution in [3.8, 4) is 0 Å². The van der Waals surface area contributed by atoms with Crippen molar-refractivity contribution in [3.05, 3.63) is 60.2 Å². The second-order valence-corrected chi connectivity index (χ2v) is 7.27. The fourth-order valence-electron chi connectivity index (χ4n) is 3.98. The number of anilines is 2. The van der Waals surface area contributed by atoms with E-state index in [1.807, 2.05) is 61.5 Å². The van der Waals surface area contributed by atoms with Crippen molar-refractivity contribution in [2.24, 2.45) is 5.92 Å². The Hall–Kier alpha value is -2.66. The molecule has 2 heterocycles. The first kappa shape index (κ1) is 17.7. The Morgan fingerprint density at radius 3 is 2.30 bits per heavy atom. The van der Waals surface area contributed by atoms with Gasteiger partial charge in [-0.2, -0.15) is 0 Å². The van der Waals surface area contributed by atoms with Crippen LogP contribution in [-0.2, 0) is 14.4 Å². The fourth-order valence-corrected chi connectivity index (χ4v) is 3.98. The van der Waals surface area contributed by atoms with E-state index in [1.165, 1.54) is 4.90 Å². The monoisotopic (exact) mass is 364 g/mol. The molecule has 4 rings (SSSR count). The molecule has 0 unspecified atom stereocenters. The van der Waals surface area contributed by atoms with Crippen LogP contribution in [0.5, 0.6) is 0 Å². The molecule has 5 heteroatoms. The molecule has 2 aliphatic heterocycles. The highest BCUT2D eigenvalue weighted by molar-refractivity contribution is 6.23. The highest BCUT2D eigenvalue weighted by Gasteiger charge is 2.59. The standard InChI is InChI=1S/C22H24N2O3/c1-3-4-10-18-19-20(27-24(18)17-8-6-5-7-9-17)22(26)23(21(19)25)16-13-11-15(2)12-14-16/h5-9,11-14,18-20H,3-4,10H2,1-2H3/t18-,19-,20-/m1/s1. The third kappa shape index (κ3) is 3.02. The number of benzene rings is 2. The summed E-state index contributed by atoms with van der Waals surface area (Å²) in [6.45, 7) is 4.11. The lowest BCUT2D eigenvalue weighted by Gasteiger charge is -2.28. The summed E-state index contributed by atoms with van der Waals surface area (Å²) in [7, 11) is 0. The zero-order valence-electron chi connectivity index (χ0n) is 15.7. The summed E-state index contributed by atoms with van der Waals surface area (Å²) >= 11 is 0. The first-order valence-corrected chi connectivity index (χ1v) is 9.57. The van der Waals surface area contributed by atoms with Gasteiger partial charge in [-0.1, -0.05) is 55.7 Å². The van der Waals surface area contributed by atoms with Crippen LogP contribution in [0, 0.1) is 12.8 Å². The first-order valence-electron chi connectivity index (χ1n) is 9.57. The molecule has 2 aromatic carbocycles. The zero-order valence-corrected chi connectivity index (χ0v) is 15.7. The summed E-state index contributed by atoms with van der Waals surface area (Å²) in [4.78, 5) is 33.6. The molecule has 5 nitrogen and oxygen atoms in total. The summed E-state index contributed by atoms with van der Waals surface area (Å²) in [6, 6.07) is 17.0. The van der Waals surface area contributed by atoms with Crippen LogP contribution < -0.4 is 9.96 Å². The van der Waals surface area contributed by atoms with Gasteiger partial charge in [-0.25, -0.2) is 9.96 Å². The molecule has 2 aliphatic rings. The Morgan fingerprint density at radius 2 is 1.63 bits per heavy atom. The molecule has 2 saturated heterocycles. The van der Waals surface area contributed by atoms with Gasteiger partial charge in [0, 0.05) is 0 Å². The molecule has 2 amide bonds. The number of hydrogen-bond acceptors (Lipinski definition) is 4. The number of para-hydroxylation sites is 1. The summed E-state index contributed by atoms with van der Waals surface area (Å²) in [5.74, 6) is -0.896. The first-order chi connectivity index (χ1) is 13.1. The van der Waals surface area contributed by atoms with Gasteiger partial charge in [0.05, 0.1) is 23.3 Å². The molecule has 0 spiro atoms. The number of amides is 2. The molecule has 0 saturated carbocycles. The normalized spacial score (nSPS) is 24.6. The molecule has 140 valence electrons. The number of aryl methyl sites for hydroxylation is 1. The third-order valence-electron chi connectivity index (χ3n) is 5.39. The molecular weight excluding hydrogens is 340 g/mol. The number of hydrogen-bond donors (Lipinski definition) is 0. The molecule has 27 heavy (non-hydrogen) atoms. The smallest absolute Gasteiger partial charge is 0.266 e. The predicted molar refractivity (Wildman–Crippen MR) is 104 cm³/mol. The van der Waals surface area contributed by atoms with Crippen molar-refractivity contribution < 1.29 is 14.4 Å². The summed E-state index contributed by atoms with van der Waals surface area (Å²) in [6.07, 6.45) is 2.07. The summed E-state index contributed by atoms with van der Waals surface area (Å²) in [5.41, 5.74) is 2.59. The highest BCUT2D eigenvalue weighted by Crippen LogP contribution is 2.41. The van der Waals surface area contributed by atoms with E-state index >= 15 is 0 Å². The summed E-state index contributed by atoms with van der Waals surface area (Å²) < 4.78 is 0. The molecule has 0 aliphatic carbocycles. The van der Waals surface area contributed by atoms with Crippen LogP contribution in [0.2, 0.25) is 0 Å². The van der Waals surface area contributed by atoms with Crippen LogP contribution in [0.1, 0.15) is 31.7 Å². The van der Waals surface area contributed by atoms with E-state index in [0.29, 0.717) is 5.69 Å². The molecule has 0 aromatic heterocycles. The lowest BCUT2D eigenvalue weighted by molar-refractivity contribution is -0.126. The minimum Gasteiger partial charge on any atom is -0.273 e. The average Bonchev–Trinajstić information content (AvgIpc) is 3.18. The van der Waals surface area contributed by atoms with E-state index in [4.69, 9.17) is 4.84 Å². The molecule has 0 bridgehead atoms. The number of nitrogens with zero attached hydrogens (tertiary/aromatic N) is 2. The van der Waals surface area contributed by atoms with E-state index in [0.717, 1.165) is 30.5 Å². The molecule has 2 aromatic rings. The molecule has 2 fully saturated rings. The molecule has 0 radical (unpaired) electrons. The van der Waals surface area contributed by atoms with Crippen LogP contribution >= 0.6 is 0 Å². The SMILES string of the molecule is CCCC[C@@H]1[C@H]2C(=O)N(c3ccc(C)cc3)C(=O)[C@@H]2ON1c1ccccc1. The average molecular weight is 364 g/mol. The van der Waals surface area contributed by atoms with Gasteiger partial charge < -0.3 is 0 Å². The van der Waals surface area contributed by atoms with E-state index in [2.05, 4.69) is 6.92 Å². The lowest BCUT2D eigenvalue weighted by atomic mass is 9.92. The zero-order chi connectivity index (χ0) is 19.0. The van der Waals surface area contributed by atoms with E-state index < -0.39 is 12.0 Å². The van der Waals surface area contributed by atoms with Gasteiger partial charge in [-0.15, -0.1) is 0 Å². The van der Waals surface area contributed by atoms with Crippen LogP contribution in [0.25, 0.3) is 0 Å². The van der Waals surface area contributed by atoms with Crippen molar-refractivity contribution in [3.63, 3.8) is 0 Å². The van der Waals surface area contributed by atoms with Gasteiger partial charge in [0.1, 0.15) is 0 Å². The third-order valence-corrected chi connectivity index (χ3v) is 5.39. The molecular formula is C22H24N2O3. The lowest BCUT2D eigenvalue weighted by Crippen LogP contribution is -2.40. The van der Waals surface area contributed by atoms with E-state index in [1.54, 1.807) is 5.06 Å². The van der Waals surface area contributed by atoms with Crippen LogP contribution in [0.3, 0.4) is 0 Å². The number of hydroxylamine groups is 1. The maximum Gasteiger partial charge on any atom is 0.266 e. The Balaban J connectivity index is 1.66. The Bertz CT molecular complexity index is 834. The van der Waals surface area contributed by atoms with E-state index in [-0.39, 0.29) is 17.9 Å². The van der Waals surface area contributed by atoms with Crippen molar-refractivity contribution >= 4 is 23.2 Å². The number of rotatable bonds is 5. The second-order valence-electron chi connectivity index (χ2n) is 7.27.